The van der Waals surface area contributed by atoms with E-state index in [2.05, 4.69) is 192 Å². The Morgan fingerprint density at radius 3 is 2.32 bits per heavy atom. The van der Waals surface area contributed by atoms with Crippen molar-refractivity contribution >= 4 is 28.4 Å². The van der Waals surface area contributed by atoms with Gasteiger partial charge < -0.3 is 9.47 Å². The molecule has 2 aromatic heterocycles. The molecule has 57 heavy (non-hydrogen) atoms. The molecule has 11 rings (SSSR count). The van der Waals surface area contributed by atoms with Gasteiger partial charge in [-0.25, -0.2) is 9.97 Å². The molecule has 4 nitrogen and oxygen atoms in total. The fourth-order valence-electron chi connectivity index (χ4n) is 10.0. The lowest BCUT2D eigenvalue weighted by molar-refractivity contribution is 0.423. The van der Waals surface area contributed by atoms with E-state index >= 15 is 0 Å². The highest BCUT2D eigenvalue weighted by atomic mass is 15.2. The van der Waals surface area contributed by atoms with Crippen LogP contribution >= 0.6 is 0 Å². The van der Waals surface area contributed by atoms with Gasteiger partial charge in [-0.3, -0.25) is 0 Å². The first kappa shape index (κ1) is 33.8. The normalized spacial score (nSPS) is 20.8. The number of rotatable bonds is 6. The van der Waals surface area contributed by atoms with Gasteiger partial charge in [0, 0.05) is 51.1 Å². The molecule has 4 unspecified atom stereocenters. The zero-order chi connectivity index (χ0) is 37.9. The molecule has 0 spiro atoms. The first-order chi connectivity index (χ1) is 28.2. The number of fused-ring (bicyclic) bond motifs is 6. The number of nitrogens with zero attached hydrogens (tertiary/aromatic N) is 4. The van der Waals surface area contributed by atoms with Gasteiger partial charge in [-0.15, -0.1) is 0 Å². The number of aromatic nitrogens is 3. The van der Waals surface area contributed by atoms with Crippen molar-refractivity contribution in [2.45, 2.75) is 50.5 Å². The monoisotopic (exact) mass is 736 g/mol. The molecule has 0 amide bonds. The highest BCUT2D eigenvalue weighted by molar-refractivity contribution is 5.93. The number of allylic oxidation sites excluding steroid dienone is 6. The van der Waals surface area contributed by atoms with Crippen LogP contribution in [0.2, 0.25) is 0 Å². The van der Waals surface area contributed by atoms with E-state index in [1.165, 1.54) is 55.9 Å². The van der Waals surface area contributed by atoms with Crippen LogP contribution in [-0.4, -0.2) is 20.6 Å². The molecule has 4 aliphatic rings. The summed E-state index contributed by atoms with van der Waals surface area (Å²) >= 11 is 0. The predicted octanol–water partition coefficient (Wildman–Crippen LogP) is 12.9. The molecule has 0 N–H and O–H groups in total. The maximum atomic E-state index is 5.46. The number of hydrogen-bond acceptors (Lipinski definition) is 3. The number of benzene rings is 5. The first-order valence-electron chi connectivity index (χ1n) is 20.5. The average Bonchev–Trinajstić information content (AvgIpc) is 3.81. The molecule has 276 valence electrons. The third-order valence-corrected chi connectivity index (χ3v) is 12.6. The van der Waals surface area contributed by atoms with Crippen molar-refractivity contribution in [1.82, 2.24) is 14.5 Å². The van der Waals surface area contributed by atoms with Crippen LogP contribution in [0.5, 0.6) is 0 Å². The zero-order valence-electron chi connectivity index (χ0n) is 32.2. The highest BCUT2D eigenvalue weighted by Crippen LogP contribution is 2.52. The van der Waals surface area contributed by atoms with Gasteiger partial charge in [0.15, 0.2) is 5.82 Å². The largest absolute Gasteiger partial charge is 0.337 e. The lowest BCUT2D eigenvalue weighted by Crippen LogP contribution is -2.36. The van der Waals surface area contributed by atoms with Crippen LogP contribution in [0.3, 0.4) is 0 Å². The molecular weight excluding hydrogens is 693 g/mol. The quantitative estimate of drug-likeness (QED) is 0.159. The Morgan fingerprint density at radius 2 is 1.44 bits per heavy atom. The van der Waals surface area contributed by atoms with E-state index in [4.69, 9.17) is 9.97 Å². The van der Waals surface area contributed by atoms with Gasteiger partial charge in [0.05, 0.1) is 22.9 Å². The molecular formula is C53H44N4. The van der Waals surface area contributed by atoms with Crippen molar-refractivity contribution in [3.05, 3.63) is 198 Å². The topological polar surface area (TPSA) is 34.0 Å². The fraction of sp³-hybridized carbons (Fsp3) is 0.170. The number of aryl methyl sites for hydroxylation is 1. The van der Waals surface area contributed by atoms with Crippen molar-refractivity contribution in [3.63, 3.8) is 0 Å². The maximum absolute atomic E-state index is 5.46. The average molecular weight is 737 g/mol. The van der Waals surface area contributed by atoms with Crippen LogP contribution in [0.1, 0.15) is 60.5 Å². The van der Waals surface area contributed by atoms with E-state index < -0.39 is 0 Å². The first-order valence-corrected chi connectivity index (χ1v) is 20.5. The molecule has 3 aliphatic carbocycles. The van der Waals surface area contributed by atoms with Crippen molar-refractivity contribution in [2.75, 3.05) is 4.90 Å². The summed E-state index contributed by atoms with van der Waals surface area (Å²) in [6.45, 7) is 2.43. The Kier molecular flexibility index (Phi) is 8.24. The molecule has 0 bridgehead atoms. The molecule has 0 saturated carbocycles. The molecule has 0 fully saturated rings. The smallest absolute Gasteiger partial charge is 0.160 e. The van der Waals surface area contributed by atoms with Crippen LogP contribution in [0.25, 0.3) is 56.4 Å². The molecule has 4 heteroatoms. The number of para-hydroxylation sites is 2. The van der Waals surface area contributed by atoms with Gasteiger partial charge in [0.25, 0.3) is 0 Å². The van der Waals surface area contributed by atoms with E-state index in [0.717, 1.165) is 54.0 Å². The Bertz CT molecular complexity index is 2790. The van der Waals surface area contributed by atoms with Crippen LogP contribution in [0.15, 0.2) is 176 Å². The van der Waals surface area contributed by atoms with E-state index in [9.17, 15) is 0 Å². The summed E-state index contributed by atoms with van der Waals surface area (Å²) in [6, 6.07) is 50.5. The minimum atomic E-state index is 0.00195. The lowest BCUT2D eigenvalue weighted by atomic mass is 9.78. The van der Waals surface area contributed by atoms with Crippen LogP contribution in [-0.2, 0) is 6.42 Å². The van der Waals surface area contributed by atoms with E-state index in [1.54, 1.807) is 0 Å². The summed E-state index contributed by atoms with van der Waals surface area (Å²) in [6.07, 6.45) is 18.6. The van der Waals surface area contributed by atoms with E-state index in [-0.39, 0.29) is 12.0 Å². The Labute approximate surface area is 334 Å². The SMILES string of the molecule is CC1CC=CC2C1c1ccccc1N2C1=CC(n2c3c(c4ccccc42)CCC=C3)=CC(c2cc(-c3cccc(-c4ccccc4)c3)nc(-c3ccccc3)n2)C1. The van der Waals surface area contributed by atoms with Crippen LogP contribution < -0.4 is 4.90 Å². The minimum absolute atomic E-state index is 0.00195. The van der Waals surface area contributed by atoms with E-state index in [1.807, 2.05) is 0 Å². The number of anilines is 1. The summed E-state index contributed by atoms with van der Waals surface area (Å²) < 4.78 is 2.52. The van der Waals surface area contributed by atoms with Crippen molar-refractivity contribution < 1.29 is 0 Å². The summed E-state index contributed by atoms with van der Waals surface area (Å²) in [7, 11) is 0. The van der Waals surface area contributed by atoms with Gasteiger partial charge >= 0.3 is 0 Å². The Balaban J connectivity index is 1.12. The lowest BCUT2D eigenvalue weighted by Gasteiger charge is -2.37. The van der Waals surface area contributed by atoms with Gasteiger partial charge in [0.2, 0.25) is 0 Å². The second kappa shape index (κ2) is 13.9. The third-order valence-electron chi connectivity index (χ3n) is 12.6. The third kappa shape index (κ3) is 5.82. The van der Waals surface area contributed by atoms with Gasteiger partial charge in [-0.2, -0.15) is 0 Å². The fourth-order valence-corrected chi connectivity index (χ4v) is 10.0. The zero-order valence-corrected chi connectivity index (χ0v) is 32.2. The van der Waals surface area contributed by atoms with Crippen LogP contribution in [0, 0.1) is 5.92 Å². The van der Waals surface area contributed by atoms with E-state index in [0.29, 0.717) is 11.8 Å². The summed E-state index contributed by atoms with van der Waals surface area (Å²) in [4.78, 5) is 13.4. The second-order valence-corrected chi connectivity index (χ2v) is 16.1. The van der Waals surface area contributed by atoms with Gasteiger partial charge in [0.1, 0.15) is 0 Å². The second-order valence-electron chi connectivity index (χ2n) is 16.1. The van der Waals surface area contributed by atoms with Crippen molar-refractivity contribution in [2.24, 2.45) is 5.92 Å². The van der Waals surface area contributed by atoms with Gasteiger partial charge in [-0.1, -0.05) is 146 Å². The standard InChI is InChI=1S/C53H44N4/c1-35-16-14-29-51-52(35)45-25-10-13-28-50(45)57(51)42-32-40(31-41(33-42)56-48-26-11-8-23-43(48)44-24-9-12-27-49(44)56)47-34-46(54-53(55-47)37-19-6-3-7-20-37)39-22-15-21-38(30-39)36-17-4-2-5-18-36/h2-8,10-15,17-23,25-31,33-35,40,51-52H,9,16,24,32H2,1H3. The van der Waals surface area contributed by atoms with Crippen molar-refractivity contribution in [3.8, 4) is 33.8 Å². The number of hydrogen-bond donors (Lipinski definition) is 0. The Hall–Kier alpha value is -6.52. The molecule has 5 aromatic carbocycles. The van der Waals surface area contributed by atoms with Crippen molar-refractivity contribution in [1.29, 1.82) is 0 Å². The summed E-state index contributed by atoms with van der Waals surface area (Å²) in [5, 5.41) is 1.35. The molecule has 1 aliphatic heterocycles. The maximum Gasteiger partial charge on any atom is 0.160 e. The molecule has 3 heterocycles. The Morgan fingerprint density at radius 1 is 0.684 bits per heavy atom. The summed E-state index contributed by atoms with van der Waals surface area (Å²) in [5.74, 6) is 1.77. The molecule has 4 atom stereocenters. The molecule has 7 aromatic rings. The molecule has 0 radical (unpaired) electrons. The predicted molar refractivity (Wildman–Crippen MR) is 236 cm³/mol. The summed E-state index contributed by atoms with van der Waals surface area (Å²) in [5.41, 5.74) is 15.8. The highest BCUT2D eigenvalue weighted by Gasteiger charge is 2.43. The minimum Gasteiger partial charge on any atom is -0.337 e. The van der Waals surface area contributed by atoms with Gasteiger partial charge in [-0.05, 0) is 90.3 Å². The molecule has 0 saturated heterocycles. The van der Waals surface area contributed by atoms with Crippen LogP contribution in [0.4, 0.5) is 5.69 Å².